The second-order valence-electron chi connectivity index (χ2n) is 5.06. The van der Waals surface area contributed by atoms with Gasteiger partial charge in [0.1, 0.15) is 6.04 Å². The summed E-state index contributed by atoms with van der Waals surface area (Å²) >= 11 is 0. The molecule has 1 unspecified atom stereocenters. The molecular formula is C14H15F3N2O3. The average molecular weight is 316 g/mol. The van der Waals surface area contributed by atoms with Gasteiger partial charge in [-0.25, -0.2) is 0 Å². The molecule has 1 atom stereocenters. The molecule has 120 valence electrons. The molecule has 1 aliphatic rings. The lowest BCUT2D eigenvalue weighted by Gasteiger charge is -2.21. The minimum Gasteiger partial charge on any atom is -0.480 e. The van der Waals surface area contributed by atoms with Crippen molar-refractivity contribution in [1.82, 2.24) is 4.90 Å². The Morgan fingerprint density at radius 1 is 1.32 bits per heavy atom. The number of aliphatic carboxylic acids is 1. The Morgan fingerprint density at radius 2 is 2.00 bits per heavy atom. The van der Waals surface area contributed by atoms with Crippen LogP contribution in [-0.4, -0.2) is 41.0 Å². The molecule has 0 saturated carbocycles. The van der Waals surface area contributed by atoms with Crippen LogP contribution in [0.3, 0.4) is 0 Å². The van der Waals surface area contributed by atoms with Crippen molar-refractivity contribution >= 4 is 17.6 Å². The molecule has 5 nitrogen and oxygen atoms in total. The highest BCUT2D eigenvalue weighted by Gasteiger charge is 2.35. The molecule has 1 heterocycles. The van der Waals surface area contributed by atoms with Crippen molar-refractivity contribution in [2.45, 2.75) is 25.1 Å². The van der Waals surface area contributed by atoms with Crippen LogP contribution < -0.4 is 5.32 Å². The van der Waals surface area contributed by atoms with E-state index in [1.54, 1.807) is 0 Å². The number of nitrogens with one attached hydrogen (secondary N) is 1. The summed E-state index contributed by atoms with van der Waals surface area (Å²) in [6.07, 6.45) is -3.49. The number of amides is 1. The Morgan fingerprint density at radius 3 is 2.64 bits per heavy atom. The number of halogens is 3. The lowest BCUT2D eigenvalue weighted by molar-refractivity contribution is -0.142. The van der Waals surface area contributed by atoms with Crippen molar-refractivity contribution in [1.29, 1.82) is 0 Å². The van der Waals surface area contributed by atoms with Crippen LogP contribution in [0.4, 0.5) is 18.9 Å². The van der Waals surface area contributed by atoms with Crippen LogP contribution in [0.15, 0.2) is 24.3 Å². The van der Waals surface area contributed by atoms with Crippen molar-refractivity contribution in [3.63, 3.8) is 0 Å². The van der Waals surface area contributed by atoms with Gasteiger partial charge in [-0.1, -0.05) is 12.1 Å². The number of para-hydroxylation sites is 1. The van der Waals surface area contributed by atoms with E-state index in [4.69, 9.17) is 5.11 Å². The first-order valence-corrected chi connectivity index (χ1v) is 6.72. The molecule has 1 fully saturated rings. The zero-order valence-corrected chi connectivity index (χ0v) is 11.6. The largest absolute Gasteiger partial charge is 0.480 e. The van der Waals surface area contributed by atoms with E-state index in [-0.39, 0.29) is 12.2 Å². The van der Waals surface area contributed by atoms with Gasteiger partial charge in [0.2, 0.25) is 5.91 Å². The Kier molecular flexibility index (Phi) is 4.70. The quantitative estimate of drug-likeness (QED) is 0.893. The van der Waals surface area contributed by atoms with E-state index >= 15 is 0 Å². The molecule has 0 bridgehead atoms. The number of carbonyl (C=O) groups is 2. The van der Waals surface area contributed by atoms with Gasteiger partial charge in [-0.3, -0.25) is 14.5 Å². The number of carboxylic acids is 1. The van der Waals surface area contributed by atoms with E-state index in [0.717, 1.165) is 6.07 Å². The van der Waals surface area contributed by atoms with E-state index in [9.17, 15) is 22.8 Å². The summed E-state index contributed by atoms with van der Waals surface area (Å²) in [5.74, 6) is -1.69. The number of likely N-dealkylation sites (tertiary alicyclic amines) is 1. The Bertz CT molecular complexity index is 575. The van der Waals surface area contributed by atoms with Crippen molar-refractivity contribution < 1.29 is 27.9 Å². The van der Waals surface area contributed by atoms with Crippen molar-refractivity contribution in [2.24, 2.45) is 0 Å². The molecule has 1 aliphatic heterocycles. The molecule has 1 amide bonds. The summed E-state index contributed by atoms with van der Waals surface area (Å²) in [4.78, 5) is 24.4. The molecule has 2 N–H and O–H groups in total. The van der Waals surface area contributed by atoms with Gasteiger partial charge in [0.05, 0.1) is 17.8 Å². The van der Waals surface area contributed by atoms with E-state index < -0.39 is 29.7 Å². The topological polar surface area (TPSA) is 69.6 Å². The first-order valence-electron chi connectivity index (χ1n) is 6.72. The summed E-state index contributed by atoms with van der Waals surface area (Å²) in [5.41, 5.74) is -1.26. The van der Waals surface area contributed by atoms with Gasteiger partial charge < -0.3 is 10.4 Å². The summed E-state index contributed by atoms with van der Waals surface area (Å²) in [7, 11) is 0. The predicted molar refractivity (Wildman–Crippen MR) is 72.3 cm³/mol. The van der Waals surface area contributed by atoms with Crippen LogP contribution in [0.5, 0.6) is 0 Å². The number of nitrogens with zero attached hydrogens (tertiary/aromatic N) is 1. The number of carboxylic acid groups (broad SMARTS) is 1. The first kappa shape index (κ1) is 16.3. The fourth-order valence-electron chi connectivity index (χ4n) is 2.51. The molecule has 2 rings (SSSR count). The van der Waals surface area contributed by atoms with Gasteiger partial charge in [0, 0.05) is 0 Å². The zero-order chi connectivity index (χ0) is 16.3. The SMILES string of the molecule is O=C(CN1CCCC1C(=O)O)Nc1ccccc1C(F)(F)F. The Hall–Kier alpha value is -2.09. The minimum absolute atomic E-state index is 0.247. The molecule has 0 aromatic heterocycles. The van der Waals surface area contributed by atoms with Crippen LogP contribution in [-0.2, 0) is 15.8 Å². The predicted octanol–water partition coefficient (Wildman–Crippen LogP) is 2.19. The van der Waals surface area contributed by atoms with E-state index in [2.05, 4.69) is 5.32 Å². The minimum atomic E-state index is -4.57. The molecule has 22 heavy (non-hydrogen) atoms. The van der Waals surface area contributed by atoms with E-state index in [0.29, 0.717) is 19.4 Å². The molecule has 0 radical (unpaired) electrons. The molecule has 1 aromatic rings. The van der Waals surface area contributed by atoms with E-state index in [1.807, 2.05) is 0 Å². The molecule has 1 saturated heterocycles. The number of benzene rings is 1. The molecule has 8 heteroatoms. The highest BCUT2D eigenvalue weighted by molar-refractivity contribution is 5.93. The third kappa shape index (κ3) is 3.76. The Labute approximate surface area is 124 Å². The number of alkyl halides is 3. The summed E-state index contributed by atoms with van der Waals surface area (Å²) in [5, 5.41) is 11.2. The van der Waals surface area contributed by atoms with Gasteiger partial charge in [-0.15, -0.1) is 0 Å². The van der Waals surface area contributed by atoms with Gasteiger partial charge in [0.15, 0.2) is 0 Å². The lowest BCUT2D eigenvalue weighted by Crippen LogP contribution is -2.41. The highest BCUT2D eigenvalue weighted by atomic mass is 19.4. The van der Waals surface area contributed by atoms with Gasteiger partial charge in [-0.2, -0.15) is 13.2 Å². The monoisotopic (exact) mass is 316 g/mol. The van der Waals surface area contributed by atoms with Crippen LogP contribution in [0.25, 0.3) is 0 Å². The average Bonchev–Trinajstić information content (AvgIpc) is 2.86. The van der Waals surface area contributed by atoms with Crippen molar-refractivity contribution in [3.05, 3.63) is 29.8 Å². The third-order valence-corrected chi connectivity index (χ3v) is 3.50. The number of anilines is 1. The van der Waals surface area contributed by atoms with Crippen LogP contribution in [0.1, 0.15) is 18.4 Å². The van der Waals surface area contributed by atoms with Gasteiger partial charge in [0.25, 0.3) is 0 Å². The standard InChI is InChI=1S/C14H15F3N2O3/c15-14(16,17)9-4-1-2-5-10(9)18-12(20)8-19-7-3-6-11(19)13(21)22/h1-2,4-5,11H,3,6-8H2,(H,18,20)(H,21,22). The summed E-state index contributed by atoms with van der Waals surface area (Å²) in [6.45, 7) is 0.189. The van der Waals surface area contributed by atoms with Crippen molar-refractivity contribution in [2.75, 3.05) is 18.4 Å². The summed E-state index contributed by atoms with van der Waals surface area (Å²) < 4.78 is 38.5. The van der Waals surface area contributed by atoms with Crippen LogP contribution in [0.2, 0.25) is 0 Å². The molecule has 0 spiro atoms. The fraction of sp³-hybridized carbons (Fsp3) is 0.429. The zero-order valence-electron chi connectivity index (χ0n) is 11.6. The molecule has 1 aromatic carbocycles. The normalized spacial score (nSPS) is 19.1. The lowest BCUT2D eigenvalue weighted by atomic mass is 10.1. The Balaban J connectivity index is 2.06. The second kappa shape index (κ2) is 6.35. The second-order valence-corrected chi connectivity index (χ2v) is 5.06. The first-order chi connectivity index (χ1) is 10.3. The van der Waals surface area contributed by atoms with Crippen LogP contribution >= 0.6 is 0 Å². The van der Waals surface area contributed by atoms with Crippen LogP contribution in [0, 0.1) is 0 Å². The molecule has 0 aliphatic carbocycles. The fourth-order valence-corrected chi connectivity index (χ4v) is 2.51. The number of hydrogen-bond donors (Lipinski definition) is 2. The van der Waals surface area contributed by atoms with E-state index in [1.165, 1.54) is 23.1 Å². The maximum absolute atomic E-state index is 12.8. The number of hydrogen-bond acceptors (Lipinski definition) is 3. The van der Waals surface area contributed by atoms with Gasteiger partial charge >= 0.3 is 12.1 Å². The van der Waals surface area contributed by atoms with Gasteiger partial charge in [-0.05, 0) is 31.5 Å². The highest BCUT2D eigenvalue weighted by Crippen LogP contribution is 2.34. The molecular weight excluding hydrogens is 301 g/mol. The maximum Gasteiger partial charge on any atom is 0.418 e. The number of carbonyl (C=O) groups excluding carboxylic acids is 1. The van der Waals surface area contributed by atoms with Crippen molar-refractivity contribution in [3.8, 4) is 0 Å². The number of rotatable bonds is 4. The summed E-state index contributed by atoms with van der Waals surface area (Å²) in [6, 6.07) is 3.91. The smallest absolute Gasteiger partial charge is 0.418 e. The maximum atomic E-state index is 12.8. The third-order valence-electron chi connectivity index (χ3n) is 3.50.